The van der Waals surface area contributed by atoms with Crippen molar-refractivity contribution < 1.29 is 14.3 Å². The summed E-state index contributed by atoms with van der Waals surface area (Å²) in [5.74, 6) is -0.311. The Kier molecular flexibility index (Phi) is 9.21. The summed E-state index contributed by atoms with van der Waals surface area (Å²) in [7, 11) is 0. The Morgan fingerprint density at radius 1 is 1.30 bits per heavy atom. The molecule has 1 aromatic carbocycles. The van der Waals surface area contributed by atoms with E-state index in [1.807, 2.05) is 38.1 Å². The molecule has 1 aromatic rings. The van der Waals surface area contributed by atoms with Crippen LogP contribution in [0.15, 0.2) is 24.3 Å². The highest BCUT2D eigenvalue weighted by Crippen LogP contribution is 2.12. The SMILES string of the molecule is CCOC(=O)C(Cc1cccc(CN)c1)OC(C)C.Cl. The predicted octanol–water partition coefficient (Wildman–Crippen LogP) is 2.47. The maximum atomic E-state index is 11.9. The lowest BCUT2D eigenvalue weighted by molar-refractivity contribution is -0.159. The van der Waals surface area contributed by atoms with Crippen molar-refractivity contribution in [2.45, 2.75) is 45.9 Å². The smallest absolute Gasteiger partial charge is 0.335 e. The van der Waals surface area contributed by atoms with Crippen LogP contribution in [-0.2, 0) is 27.2 Å². The standard InChI is InChI=1S/C15H23NO3.ClH/c1-4-18-15(17)14(19-11(2)3)9-12-6-5-7-13(8-12)10-16;/h5-8,11,14H,4,9-10,16H2,1-3H3;1H. The predicted molar refractivity (Wildman–Crippen MR) is 81.9 cm³/mol. The van der Waals surface area contributed by atoms with Crippen LogP contribution in [0.4, 0.5) is 0 Å². The highest BCUT2D eigenvalue weighted by atomic mass is 35.5. The highest BCUT2D eigenvalue weighted by Gasteiger charge is 2.22. The van der Waals surface area contributed by atoms with Crippen molar-refractivity contribution in [3.63, 3.8) is 0 Å². The Morgan fingerprint density at radius 3 is 2.50 bits per heavy atom. The number of halogens is 1. The fraction of sp³-hybridized carbons (Fsp3) is 0.533. The van der Waals surface area contributed by atoms with Crippen LogP contribution in [-0.4, -0.2) is 24.8 Å². The van der Waals surface area contributed by atoms with Crippen molar-refractivity contribution in [2.24, 2.45) is 5.73 Å². The van der Waals surface area contributed by atoms with Crippen LogP contribution < -0.4 is 5.73 Å². The first-order chi connectivity index (χ1) is 9.06. The van der Waals surface area contributed by atoms with Crippen LogP contribution in [0.25, 0.3) is 0 Å². The Hall–Kier alpha value is -1.10. The van der Waals surface area contributed by atoms with Gasteiger partial charge in [-0.3, -0.25) is 0 Å². The third-order valence-electron chi connectivity index (χ3n) is 2.63. The lowest BCUT2D eigenvalue weighted by atomic mass is 10.0. The lowest BCUT2D eigenvalue weighted by Crippen LogP contribution is -2.31. The van der Waals surface area contributed by atoms with E-state index >= 15 is 0 Å². The van der Waals surface area contributed by atoms with E-state index < -0.39 is 6.10 Å². The Bertz CT molecular complexity index is 410. The average Bonchev–Trinajstić information content (AvgIpc) is 2.38. The van der Waals surface area contributed by atoms with Crippen LogP contribution in [0.1, 0.15) is 31.9 Å². The molecule has 1 rings (SSSR count). The summed E-state index contributed by atoms with van der Waals surface area (Å²) in [6, 6.07) is 7.87. The molecule has 0 aliphatic heterocycles. The van der Waals surface area contributed by atoms with Crippen molar-refractivity contribution in [1.29, 1.82) is 0 Å². The molecular weight excluding hydrogens is 278 g/mol. The number of benzene rings is 1. The number of nitrogens with two attached hydrogens (primary N) is 1. The van der Waals surface area contributed by atoms with Gasteiger partial charge < -0.3 is 15.2 Å². The van der Waals surface area contributed by atoms with Crippen LogP contribution in [0.3, 0.4) is 0 Å². The summed E-state index contributed by atoms with van der Waals surface area (Å²) in [6.07, 6.45) is -0.0785. The van der Waals surface area contributed by atoms with E-state index in [-0.39, 0.29) is 24.5 Å². The molecule has 2 N–H and O–H groups in total. The third-order valence-corrected chi connectivity index (χ3v) is 2.63. The van der Waals surface area contributed by atoms with Crippen LogP contribution >= 0.6 is 12.4 Å². The van der Waals surface area contributed by atoms with Crippen molar-refractivity contribution in [3.8, 4) is 0 Å². The van der Waals surface area contributed by atoms with E-state index in [1.54, 1.807) is 6.92 Å². The Balaban J connectivity index is 0.00000361. The summed E-state index contributed by atoms with van der Waals surface area (Å²) in [6.45, 7) is 6.45. The van der Waals surface area contributed by atoms with Gasteiger partial charge >= 0.3 is 5.97 Å². The minimum atomic E-state index is -0.562. The maximum Gasteiger partial charge on any atom is 0.335 e. The zero-order valence-electron chi connectivity index (χ0n) is 12.3. The summed E-state index contributed by atoms with van der Waals surface area (Å²) in [5.41, 5.74) is 7.69. The zero-order valence-corrected chi connectivity index (χ0v) is 13.1. The second-order valence-corrected chi connectivity index (χ2v) is 4.65. The topological polar surface area (TPSA) is 61.5 Å². The van der Waals surface area contributed by atoms with Gasteiger partial charge in [-0.15, -0.1) is 12.4 Å². The largest absolute Gasteiger partial charge is 0.464 e. The van der Waals surface area contributed by atoms with Crippen molar-refractivity contribution in [1.82, 2.24) is 0 Å². The molecule has 0 bridgehead atoms. The number of ether oxygens (including phenoxy) is 2. The monoisotopic (exact) mass is 301 g/mol. The molecule has 20 heavy (non-hydrogen) atoms. The van der Waals surface area contributed by atoms with Crippen molar-refractivity contribution in [2.75, 3.05) is 6.61 Å². The van der Waals surface area contributed by atoms with Gasteiger partial charge in [-0.25, -0.2) is 4.79 Å². The fourth-order valence-corrected chi connectivity index (χ4v) is 1.85. The zero-order chi connectivity index (χ0) is 14.3. The molecule has 1 unspecified atom stereocenters. The number of carbonyl (C=O) groups excluding carboxylic acids is 1. The van der Waals surface area contributed by atoms with Gasteiger partial charge in [0.15, 0.2) is 6.10 Å². The molecule has 0 aliphatic carbocycles. The van der Waals surface area contributed by atoms with E-state index in [1.165, 1.54) is 0 Å². The fourth-order valence-electron chi connectivity index (χ4n) is 1.85. The normalized spacial score (nSPS) is 11.8. The van der Waals surface area contributed by atoms with Gasteiger partial charge in [0.2, 0.25) is 0 Å². The van der Waals surface area contributed by atoms with Gasteiger partial charge in [-0.1, -0.05) is 24.3 Å². The molecule has 114 valence electrons. The maximum absolute atomic E-state index is 11.9. The highest BCUT2D eigenvalue weighted by molar-refractivity contribution is 5.85. The number of hydrogen-bond acceptors (Lipinski definition) is 4. The van der Waals surface area contributed by atoms with Gasteiger partial charge in [0.25, 0.3) is 0 Å². The first-order valence-corrected chi connectivity index (χ1v) is 6.66. The first-order valence-electron chi connectivity index (χ1n) is 6.66. The molecule has 0 heterocycles. The van der Waals surface area contributed by atoms with Gasteiger partial charge in [-0.2, -0.15) is 0 Å². The summed E-state index contributed by atoms with van der Waals surface area (Å²) < 4.78 is 10.7. The van der Waals surface area contributed by atoms with Crippen LogP contribution in [0, 0.1) is 0 Å². The molecule has 5 heteroatoms. The minimum Gasteiger partial charge on any atom is -0.464 e. The third kappa shape index (κ3) is 6.37. The van der Waals surface area contributed by atoms with Crippen LogP contribution in [0.2, 0.25) is 0 Å². The average molecular weight is 302 g/mol. The first kappa shape index (κ1) is 18.9. The summed E-state index contributed by atoms with van der Waals surface area (Å²) >= 11 is 0. The van der Waals surface area contributed by atoms with Gasteiger partial charge in [-0.05, 0) is 31.9 Å². The molecule has 0 fully saturated rings. The second-order valence-electron chi connectivity index (χ2n) is 4.65. The number of hydrogen-bond donors (Lipinski definition) is 1. The summed E-state index contributed by atoms with van der Waals surface area (Å²) in [4.78, 5) is 11.9. The molecule has 0 radical (unpaired) electrons. The minimum absolute atomic E-state index is 0. The van der Waals surface area contributed by atoms with Gasteiger partial charge in [0.05, 0.1) is 12.7 Å². The molecule has 0 amide bonds. The quantitative estimate of drug-likeness (QED) is 0.786. The molecule has 4 nitrogen and oxygen atoms in total. The molecule has 0 saturated heterocycles. The molecule has 0 spiro atoms. The molecule has 1 atom stereocenters. The number of rotatable bonds is 7. The second kappa shape index (κ2) is 9.75. The Labute approximate surface area is 127 Å². The lowest BCUT2D eigenvalue weighted by Gasteiger charge is -2.19. The van der Waals surface area contributed by atoms with Crippen LogP contribution in [0.5, 0.6) is 0 Å². The summed E-state index contributed by atoms with van der Waals surface area (Å²) in [5, 5.41) is 0. The van der Waals surface area contributed by atoms with Gasteiger partial charge in [0.1, 0.15) is 0 Å². The van der Waals surface area contributed by atoms with E-state index in [0.717, 1.165) is 11.1 Å². The van der Waals surface area contributed by atoms with E-state index in [9.17, 15) is 4.79 Å². The van der Waals surface area contributed by atoms with Crippen molar-refractivity contribution >= 4 is 18.4 Å². The van der Waals surface area contributed by atoms with Crippen molar-refractivity contribution in [3.05, 3.63) is 35.4 Å². The molecule has 0 saturated carbocycles. The Morgan fingerprint density at radius 2 is 1.95 bits per heavy atom. The van der Waals surface area contributed by atoms with Gasteiger partial charge in [0, 0.05) is 13.0 Å². The molecule has 0 aliphatic rings. The number of carbonyl (C=O) groups is 1. The van der Waals surface area contributed by atoms with E-state index in [4.69, 9.17) is 15.2 Å². The molecule has 0 aromatic heterocycles. The molecular formula is C15H24ClNO3. The van der Waals surface area contributed by atoms with E-state index in [0.29, 0.717) is 19.6 Å². The number of esters is 1. The van der Waals surface area contributed by atoms with E-state index in [2.05, 4.69) is 0 Å².